The smallest absolute Gasteiger partial charge is 0.265 e. The van der Waals surface area contributed by atoms with E-state index in [2.05, 4.69) is 15.5 Å². The first kappa shape index (κ1) is 17.5. The number of halogens is 1. The molecule has 0 saturated heterocycles. The van der Waals surface area contributed by atoms with Gasteiger partial charge >= 0.3 is 0 Å². The van der Waals surface area contributed by atoms with Gasteiger partial charge in [-0.2, -0.15) is 4.98 Å². The van der Waals surface area contributed by atoms with E-state index in [0.717, 1.165) is 24.2 Å². The molecule has 27 heavy (non-hydrogen) atoms. The summed E-state index contributed by atoms with van der Waals surface area (Å²) in [5, 5.41) is 7.42. The van der Waals surface area contributed by atoms with Crippen molar-refractivity contribution in [2.45, 2.75) is 31.8 Å². The predicted octanol–water partition coefficient (Wildman–Crippen LogP) is 4.67. The van der Waals surface area contributed by atoms with Gasteiger partial charge < -0.3 is 14.6 Å². The largest absolute Gasteiger partial charge is 0.481 e. The summed E-state index contributed by atoms with van der Waals surface area (Å²) in [6.45, 7) is 1.68. The second-order valence-electron chi connectivity index (χ2n) is 6.52. The van der Waals surface area contributed by atoms with Crippen LogP contribution in [0.15, 0.2) is 53.1 Å². The lowest BCUT2D eigenvalue weighted by molar-refractivity contribution is -0.122. The van der Waals surface area contributed by atoms with Crippen molar-refractivity contribution in [1.29, 1.82) is 0 Å². The zero-order valence-electron chi connectivity index (χ0n) is 14.7. The highest BCUT2D eigenvalue weighted by Crippen LogP contribution is 2.39. The van der Waals surface area contributed by atoms with Crippen LogP contribution in [0.1, 0.15) is 31.5 Å². The number of hydrogen-bond acceptors (Lipinski definition) is 5. The molecule has 2 aromatic carbocycles. The number of carbonyl (C=O) groups is 1. The molecular weight excluding hydrogens is 366 g/mol. The van der Waals surface area contributed by atoms with Crippen LogP contribution >= 0.6 is 11.6 Å². The van der Waals surface area contributed by atoms with Gasteiger partial charge in [0.1, 0.15) is 5.75 Å². The molecule has 0 spiro atoms. The first-order chi connectivity index (χ1) is 13.1. The van der Waals surface area contributed by atoms with Crippen LogP contribution in [0.5, 0.6) is 5.75 Å². The Hall–Kier alpha value is -2.86. The minimum atomic E-state index is -0.683. The molecule has 1 aliphatic carbocycles. The molecule has 0 bridgehead atoms. The Kier molecular flexibility index (Phi) is 4.81. The SMILES string of the molecule is CC(Oc1cccc(Cl)c1)C(=O)Nc1cccc(-c2nc(C3CC3)no2)c1. The standard InChI is InChI=1S/C20H18ClN3O3/c1-12(26-17-7-3-5-15(21)11-17)19(25)22-16-6-2-4-14(10-16)20-23-18(24-27-20)13-8-9-13/h2-7,10-13H,8-9H2,1H3,(H,22,25). The molecule has 1 aromatic heterocycles. The molecule has 6 nitrogen and oxygen atoms in total. The molecular formula is C20H18ClN3O3. The average molecular weight is 384 g/mol. The number of amides is 1. The van der Waals surface area contributed by atoms with E-state index in [4.69, 9.17) is 20.9 Å². The minimum absolute atomic E-state index is 0.267. The van der Waals surface area contributed by atoms with Crippen molar-refractivity contribution in [2.75, 3.05) is 5.32 Å². The van der Waals surface area contributed by atoms with Gasteiger partial charge in [0.2, 0.25) is 0 Å². The Labute approximate surface area is 161 Å². The van der Waals surface area contributed by atoms with Crippen molar-refractivity contribution in [1.82, 2.24) is 10.1 Å². The molecule has 0 aliphatic heterocycles. The van der Waals surface area contributed by atoms with Crippen LogP contribution in [-0.2, 0) is 4.79 Å². The molecule has 0 radical (unpaired) electrons. The highest BCUT2D eigenvalue weighted by molar-refractivity contribution is 6.30. The summed E-state index contributed by atoms with van der Waals surface area (Å²) < 4.78 is 11.0. The first-order valence-electron chi connectivity index (χ1n) is 8.75. The molecule has 1 amide bonds. The highest BCUT2D eigenvalue weighted by atomic mass is 35.5. The van der Waals surface area contributed by atoms with Gasteiger partial charge in [0.25, 0.3) is 11.8 Å². The molecule has 138 valence electrons. The van der Waals surface area contributed by atoms with E-state index in [-0.39, 0.29) is 5.91 Å². The van der Waals surface area contributed by atoms with Gasteiger partial charge in [0.15, 0.2) is 11.9 Å². The minimum Gasteiger partial charge on any atom is -0.481 e. The molecule has 1 heterocycles. The van der Waals surface area contributed by atoms with Gasteiger partial charge in [0.05, 0.1) is 0 Å². The Bertz CT molecular complexity index is 968. The van der Waals surface area contributed by atoms with E-state index >= 15 is 0 Å². The fourth-order valence-electron chi connectivity index (χ4n) is 2.63. The summed E-state index contributed by atoms with van der Waals surface area (Å²) in [5.74, 6) is 1.91. The average Bonchev–Trinajstić information content (AvgIpc) is 3.39. The lowest BCUT2D eigenvalue weighted by atomic mass is 10.2. The zero-order valence-corrected chi connectivity index (χ0v) is 15.4. The maximum absolute atomic E-state index is 12.4. The fourth-order valence-corrected chi connectivity index (χ4v) is 2.81. The summed E-state index contributed by atoms with van der Waals surface area (Å²) in [4.78, 5) is 16.9. The Morgan fingerprint density at radius 3 is 2.85 bits per heavy atom. The van der Waals surface area contributed by atoms with E-state index in [9.17, 15) is 4.79 Å². The van der Waals surface area contributed by atoms with Crippen LogP contribution in [0.4, 0.5) is 5.69 Å². The molecule has 1 fully saturated rings. The molecule has 7 heteroatoms. The summed E-state index contributed by atoms with van der Waals surface area (Å²) >= 11 is 5.94. The third-order valence-electron chi connectivity index (χ3n) is 4.24. The van der Waals surface area contributed by atoms with Crippen LogP contribution in [0.2, 0.25) is 5.02 Å². The monoisotopic (exact) mass is 383 g/mol. The van der Waals surface area contributed by atoms with Gasteiger partial charge in [-0.05, 0) is 56.2 Å². The molecule has 1 saturated carbocycles. The number of benzene rings is 2. The van der Waals surface area contributed by atoms with E-state index in [1.165, 1.54) is 0 Å². The van der Waals surface area contributed by atoms with Gasteiger partial charge in [-0.15, -0.1) is 0 Å². The Morgan fingerprint density at radius 1 is 1.26 bits per heavy atom. The van der Waals surface area contributed by atoms with E-state index in [0.29, 0.717) is 28.3 Å². The summed E-state index contributed by atoms with van der Waals surface area (Å²) in [5.41, 5.74) is 1.39. The second kappa shape index (κ2) is 7.40. The number of nitrogens with one attached hydrogen (secondary N) is 1. The lowest BCUT2D eigenvalue weighted by Gasteiger charge is -2.15. The fraction of sp³-hybridized carbons (Fsp3) is 0.250. The number of ether oxygens (including phenoxy) is 1. The van der Waals surface area contributed by atoms with Crippen molar-refractivity contribution in [2.24, 2.45) is 0 Å². The van der Waals surface area contributed by atoms with Gasteiger partial charge in [-0.3, -0.25) is 4.79 Å². The van der Waals surface area contributed by atoms with Crippen molar-refractivity contribution in [3.05, 3.63) is 59.4 Å². The molecule has 3 aromatic rings. The van der Waals surface area contributed by atoms with Crippen LogP contribution in [0, 0.1) is 0 Å². The number of rotatable bonds is 6. The molecule has 1 aliphatic rings. The van der Waals surface area contributed by atoms with Crippen molar-refractivity contribution in [3.63, 3.8) is 0 Å². The third-order valence-corrected chi connectivity index (χ3v) is 4.47. The van der Waals surface area contributed by atoms with Crippen LogP contribution in [-0.4, -0.2) is 22.2 Å². The van der Waals surface area contributed by atoms with Crippen LogP contribution in [0.25, 0.3) is 11.5 Å². The van der Waals surface area contributed by atoms with Gasteiger partial charge in [0, 0.05) is 22.2 Å². The first-order valence-corrected chi connectivity index (χ1v) is 9.13. The Morgan fingerprint density at radius 2 is 2.07 bits per heavy atom. The maximum Gasteiger partial charge on any atom is 0.265 e. The quantitative estimate of drug-likeness (QED) is 0.669. The number of anilines is 1. The predicted molar refractivity (Wildman–Crippen MR) is 102 cm³/mol. The summed E-state index contributed by atoms with van der Waals surface area (Å²) in [7, 11) is 0. The number of aromatic nitrogens is 2. The van der Waals surface area contributed by atoms with E-state index in [1.54, 1.807) is 43.3 Å². The van der Waals surface area contributed by atoms with E-state index < -0.39 is 6.10 Å². The molecule has 1 atom stereocenters. The number of nitrogens with zero attached hydrogens (tertiary/aromatic N) is 2. The summed E-state index contributed by atoms with van der Waals surface area (Å²) in [6.07, 6.45) is 1.54. The number of hydrogen-bond donors (Lipinski definition) is 1. The normalized spacial score (nSPS) is 14.6. The Balaban J connectivity index is 1.43. The summed E-state index contributed by atoms with van der Waals surface area (Å²) in [6, 6.07) is 14.2. The topological polar surface area (TPSA) is 77.2 Å². The lowest BCUT2D eigenvalue weighted by Crippen LogP contribution is -2.30. The highest BCUT2D eigenvalue weighted by Gasteiger charge is 2.29. The van der Waals surface area contributed by atoms with Gasteiger partial charge in [-0.25, -0.2) is 0 Å². The van der Waals surface area contributed by atoms with E-state index in [1.807, 2.05) is 12.1 Å². The number of carbonyl (C=O) groups excluding carboxylic acids is 1. The molecule has 1 unspecified atom stereocenters. The van der Waals surface area contributed by atoms with Gasteiger partial charge in [-0.1, -0.05) is 28.9 Å². The van der Waals surface area contributed by atoms with Crippen molar-refractivity contribution < 1.29 is 14.1 Å². The maximum atomic E-state index is 12.4. The van der Waals surface area contributed by atoms with Crippen LogP contribution in [0.3, 0.4) is 0 Å². The van der Waals surface area contributed by atoms with Crippen LogP contribution < -0.4 is 10.1 Å². The van der Waals surface area contributed by atoms with Crippen molar-refractivity contribution in [3.8, 4) is 17.2 Å². The zero-order chi connectivity index (χ0) is 18.8. The third kappa shape index (κ3) is 4.28. The second-order valence-corrected chi connectivity index (χ2v) is 6.96. The van der Waals surface area contributed by atoms with Crippen molar-refractivity contribution >= 4 is 23.2 Å². The molecule has 1 N–H and O–H groups in total. The molecule has 4 rings (SSSR count).